The van der Waals surface area contributed by atoms with Crippen LogP contribution in [0.5, 0.6) is 0 Å². The summed E-state index contributed by atoms with van der Waals surface area (Å²) in [5.74, 6) is 0. The van der Waals surface area contributed by atoms with Crippen molar-refractivity contribution in [1.82, 2.24) is 7.18 Å². The third kappa shape index (κ3) is 1.92. The molecule has 0 atom stereocenters. The van der Waals surface area contributed by atoms with E-state index in [2.05, 4.69) is 123 Å². The topological polar surface area (TPSA) is 22.5 Å². The van der Waals surface area contributed by atoms with Gasteiger partial charge in [0.2, 0.25) is 0 Å². The zero-order valence-corrected chi connectivity index (χ0v) is 21.3. The Hall–Kier alpha value is -3.51. The van der Waals surface area contributed by atoms with Crippen LogP contribution in [0.3, 0.4) is 0 Å². The Labute approximate surface area is 214 Å². The highest BCUT2D eigenvalue weighted by molar-refractivity contribution is 14.1. The molecule has 0 aliphatic heterocycles. The summed E-state index contributed by atoms with van der Waals surface area (Å²) >= 11 is 2.45. The highest BCUT2D eigenvalue weighted by atomic mass is 127. The van der Waals surface area contributed by atoms with Crippen LogP contribution in [0.15, 0.2) is 83.3 Å². The molecule has 0 bridgehead atoms. The van der Waals surface area contributed by atoms with Crippen LogP contribution in [0, 0.1) is 0 Å². The molecule has 4 heterocycles. The largest absolute Gasteiger partial charge is 0.454 e. The van der Waals surface area contributed by atoms with Crippen LogP contribution in [0.25, 0.3) is 71.4 Å². The highest BCUT2D eigenvalue weighted by Gasteiger charge is 2.41. The Balaban J connectivity index is 1.76. The van der Waals surface area contributed by atoms with E-state index in [1.807, 2.05) is 0 Å². The quantitative estimate of drug-likeness (QED) is 0.169. The molecule has 1 aliphatic carbocycles. The number of para-hydroxylation sites is 1. The van der Waals surface area contributed by atoms with E-state index in [1.165, 1.54) is 60.5 Å². The van der Waals surface area contributed by atoms with Crippen LogP contribution in [0.4, 0.5) is 0 Å². The molecule has 0 amide bonds. The number of benzene rings is 4. The van der Waals surface area contributed by atoms with Crippen molar-refractivity contribution in [3.63, 3.8) is 0 Å². The van der Waals surface area contributed by atoms with Crippen molar-refractivity contribution in [1.29, 1.82) is 0 Å². The van der Waals surface area contributed by atoms with Gasteiger partial charge in [0.1, 0.15) is 11.1 Å². The Kier molecular flexibility index (Phi) is 3.12. The van der Waals surface area contributed by atoms with Gasteiger partial charge in [0.15, 0.2) is 5.58 Å². The molecule has 0 N–H and O–H groups in total. The number of rotatable bonds is 0. The van der Waals surface area contributed by atoms with Crippen molar-refractivity contribution in [3.8, 4) is 11.3 Å². The SMILES string of the molecule is CC1(C)c2ccccc2-c2c1c1ccc3c4c5c(cccc5n3I)c3oc5ccccc5c3n2c14. The highest BCUT2D eigenvalue weighted by Crippen LogP contribution is 2.56. The van der Waals surface area contributed by atoms with Crippen molar-refractivity contribution in [2.45, 2.75) is 19.3 Å². The van der Waals surface area contributed by atoms with Gasteiger partial charge in [-0.15, -0.1) is 0 Å². The number of fused-ring (bicyclic) bond motifs is 10. The molecule has 166 valence electrons. The maximum absolute atomic E-state index is 6.70. The van der Waals surface area contributed by atoms with E-state index in [1.54, 1.807) is 0 Å². The molecular weight excluding hydrogens is 543 g/mol. The Morgan fingerprint density at radius 3 is 2.40 bits per heavy atom. The maximum Gasteiger partial charge on any atom is 0.160 e. The summed E-state index contributed by atoms with van der Waals surface area (Å²) in [6, 6.07) is 28.7. The zero-order valence-electron chi connectivity index (χ0n) is 19.2. The van der Waals surface area contributed by atoms with Crippen LogP contribution >= 0.6 is 22.9 Å². The van der Waals surface area contributed by atoms with Crippen LogP contribution in [0.2, 0.25) is 0 Å². The van der Waals surface area contributed by atoms with Gasteiger partial charge in [0, 0.05) is 37.9 Å². The van der Waals surface area contributed by atoms with Crippen molar-refractivity contribution >= 4 is 83.0 Å². The minimum Gasteiger partial charge on any atom is -0.454 e. The molecule has 4 aromatic carbocycles. The first-order valence-corrected chi connectivity index (χ1v) is 13.0. The lowest BCUT2D eigenvalue weighted by molar-refractivity contribution is 0.666. The Morgan fingerprint density at radius 1 is 0.714 bits per heavy atom. The van der Waals surface area contributed by atoms with Gasteiger partial charge < -0.3 is 8.82 Å². The smallest absolute Gasteiger partial charge is 0.160 e. The molecular formula is C31H19IN2O. The molecule has 35 heavy (non-hydrogen) atoms. The molecule has 0 saturated carbocycles. The second kappa shape index (κ2) is 5.82. The Morgan fingerprint density at radius 2 is 1.49 bits per heavy atom. The number of hydrogen-bond donors (Lipinski definition) is 0. The average molecular weight is 562 g/mol. The molecule has 1 aliphatic rings. The number of aromatic nitrogens is 2. The molecule has 4 heteroatoms. The molecule has 0 unspecified atom stereocenters. The number of halogens is 1. The van der Waals surface area contributed by atoms with E-state index in [9.17, 15) is 0 Å². The predicted molar refractivity (Wildman–Crippen MR) is 153 cm³/mol. The van der Waals surface area contributed by atoms with E-state index in [4.69, 9.17) is 4.42 Å². The molecule has 0 fully saturated rings. The van der Waals surface area contributed by atoms with Crippen molar-refractivity contribution in [2.24, 2.45) is 0 Å². The first kappa shape index (κ1) is 18.8. The Bertz CT molecular complexity index is 2200. The molecule has 0 radical (unpaired) electrons. The minimum absolute atomic E-state index is 0.0898. The van der Waals surface area contributed by atoms with Gasteiger partial charge in [-0.1, -0.05) is 68.4 Å². The van der Waals surface area contributed by atoms with Crippen molar-refractivity contribution in [3.05, 3.63) is 90.0 Å². The van der Waals surface area contributed by atoms with E-state index < -0.39 is 0 Å². The lowest BCUT2D eigenvalue weighted by Crippen LogP contribution is -2.14. The summed E-state index contributed by atoms with van der Waals surface area (Å²) in [6.45, 7) is 4.75. The summed E-state index contributed by atoms with van der Waals surface area (Å²) < 4.78 is 11.5. The first-order chi connectivity index (χ1) is 17.1. The normalized spacial score (nSPS) is 14.9. The fraction of sp³-hybridized carbons (Fsp3) is 0.0968. The summed E-state index contributed by atoms with van der Waals surface area (Å²) in [5.41, 5.74) is 12.2. The van der Waals surface area contributed by atoms with Gasteiger partial charge in [-0.25, -0.2) is 0 Å². The van der Waals surface area contributed by atoms with Crippen molar-refractivity contribution < 1.29 is 4.42 Å². The van der Waals surface area contributed by atoms with E-state index in [0.29, 0.717) is 0 Å². The van der Waals surface area contributed by atoms with Crippen LogP contribution in [0.1, 0.15) is 25.0 Å². The molecule has 8 aromatic rings. The van der Waals surface area contributed by atoms with Gasteiger partial charge in [-0.3, -0.25) is 2.78 Å². The van der Waals surface area contributed by atoms with Gasteiger partial charge in [0.05, 0.1) is 45.1 Å². The summed E-state index contributed by atoms with van der Waals surface area (Å²) in [7, 11) is 0. The number of hydrogen-bond acceptors (Lipinski definition) is 1. The van der Waals surface area contributed by atoms with Gasteiger partial charge in [-0.2, -0.15) is 0 Å². The van der Waals surface area contributed by atoms with Gasteiger partial charge in [-0.05, 0) is 35.4 Å². The number of furan rings is 1. The second-order valence-corrected chi connectivity index (χ2v) is 11.3. The summed E-state index contributed by atoms with van der Waals surface area (Å²) in [6.07, 6.45) is 0. The van der Waals surface area contributed by atoms with Crippen LogP contribution in [-0.2, 0) is 5.41 Å². The fourth-order valence-electron chi connectivity index (χ4n) is 6.98. The van der Waals surface area contributed by atoms with E-state index >= 15 is 0 Å². The summed E-state index contributed by atoms with van der Waals surface area (Å²) in [4.78, 5) is 0. The third-order valence-electron chi connectivity index (χ3n) is 8.34. The lowest BCUT2D eigenvalue weighted by Gasteiger charge is -2.21. The molecule has 0 saturated heterocycles. The van der Waals surface area contributed by atoms with Gasteiger partial charge >= 0.3 is 0 Å². The third-order valence-corrected chi connectivity index (χ3v) is 9.38. The second-order valence-electron chi connectivity index (χ2n) is 10.3. The standard InChI is InChI=1S/C31H19IN2O/c1-31(2)20-11-5-3-8-16(20)28-26(31)19-14-15-22-25-24-18(10-7-12-21(24)34(22)32)30-29(33(28)27(19)25)17-9-4-6-13-23(17)35-30/h3-15H,1-2H3. The predicted octanol–water partition coefficient (Wildman–Crippen LogP) is 9.04. The molecule has 4 aromatic heterocycles. The van der Waals surface area contributed by atoms with E-state index in [-0.39, 0.29) is 5.41 Å². The first-order valence-electron chi connectivity index (χ1n) is 12.0. The fourth-order valence-corrected chi connectivity index (χ4v) is 7.78. The van der Waals surface area contributed by atoms with Crippen LogP contribution in [-0.4, -0.2) is 7.18 Å². The van der Waals surface area contributed by atoms with E-state index in [0.717, 1.165) is 22.1 Å². The molecule has 3 nitrogen and oxygen atoms in total. The lowest BCUT2D eigenvalue weighted by atomic mass is 9.81. The zero-order chi connectivity index (χ0) is 23.2. The van der Waals surface area contributed by atoms with Gasteiger partial charge in [0.25, 0.3) is 0 Å². The number of nitrogens with zero attached hydrogens (tertiary/aromatic N) is 2. The summed E-state index contributed by atoms with van der Waals surface area (Å²) in [5, 5.41) is 6.27. The minimum atomic E-state index is -0.0898. The average Bonchev–Trinajstić information content (AvgIpc) is 3.54. The van der Waals surface area contributed by atoms with Crippen molar-refractivity contribution in [2.75, 3.05) is 0 Å². The molecule has 0 spiro atoms. The van der Waals surface area contributed by atoms with Crippen LogP contribution < -0.4 is 0 Å². The molecule has 9 rings (SSSR count). The monoisotopic (exact) mass is 562 g/mol. The maximum atomic E-state index is 6.70.